The second kappa shape index (κ2) is 6.39. The van der Waals surface area contributed by atoms with Gasteiger partial charge in [-0.15, -0.1) is 0 Å². The van der Waals surface area contributed by atoms with E-state index in [2.05, 4.69) is 31.2 Å². The number of ether oxygens (including phenoxy) is 2. The monoisotopic (exact) mass is 267 g/mol. The van der Waals surface area contributed by atoms with Crippen LogP contribution >= 0.6 is 0 Å². The molecule has 0 aliphatic heterocycles. The Balaban J connectivity index is 1.86. The van der Waals surface area contributed by atoms with Gasteiger partial charge in [-0.1, -0.05) is 6.92 Å². The molecule has 0 spiro atoms. The van der Waals surface area contributed by atoms with Gasteiger partial charge in [0.05, 0.1) is 12.4 Å². The highest BCUT2D eigenvalue weighted by Crippen LogP contribution is 2.28. The van der Waals surface area contributed by atoms with Crippen molar-refractivity contribution >= 4 is 0 Å². The summed E-state index contributed by atoms with van der Waals surface area (Å²) in [6.07, 6.45) is 6.12. The second-order valence-corrected chi connectivity index (χ2v) is 5.40. The van der Waals surface area contributed by atoms with Crippen LogP contribution in [0.15, 0.2) is 12.4 Å². The molecule has 1 aliphatic carbocycles. The van der Waals surface area contributed by atoms with Crippen molar-refractivity contribution in [3.8, 4) is 5.75 Å². The predicted molar refractivity (Wildman–Crippen MR) is 74.5 cm³/mol. The van der Waals surface area contributed by atoms with Crippen LogP contribution in [-0.4, -0.2) is 41.7 Å². The van der Waals surface area contributed by atoms with Gasteiger partial charge in [-0.3, -0.25) is 4.68 Å². The molecule has 1 N–H and O–H groups in total. The van der Waals surface area contributed by atoms with Gasteiger partial charge in [0.15, 0.2) is 5.75 Å². The van der Waals surface area contributed by atoms with Crippen molar-refractivity contribution in [3.05, 3.63) is 12.4 Å². The van der Waals surface area contributed by atoms with Gasteiger partial charge in [0, 0.05) is 25.6 Å². The molecule has 0 bridgehead atoms. The number of methoxy groups -OCH3 is 1. The number of aromatic nitrogens is 2. The molecule has 3 atom stereocenters. The fourth-order valence-electron chi connectivity index (χ4n) is 2.38. The first-order valence-electron chi connectivity index (χ1n) is 7.12. The fourth-order valence-corrected chi connectivity index (χ4v) is 2.38. The molecule has 1 aromatic heterocycles. The molecule has 0 aromatic carbocycles. The van der Waals surface area contributed by atoms with E-state index in [1.807, 2.05) is 10.9 Å². The lowest BCUT2D eigenvalue weighted by molar-refractivity contribution is -0.0887. The Morgan fingerprint density at radius 3 is 2.89 bits per heavy atom. The Hall–Kier alpha value is -1.07. The number of rotatable bonds is 7. The lowest BCUT2D eigenvalue weighted by atomic mass is 9.85. The summed E-state index contributed by atoms with van der Waals surface area (Å²) >= 11 is 0. The van der Waals surface area contributed by atoms with Crippen LogP contribution in [0.4, 0.5) is 0 Å². The summed E-state index contributed by atoms with van der Waals surface area (Å²) in [6, 6.07) is 0.769. The van der Waals surface area contributed by atoms with Gasteiger partial charge in [-0.2, -0.15) is 5.10 Å². The Kier molecular flexibility index (Phi) is 4.82. The van der Waals surface area contributed by atoms with Gasteiger partial charge in [0.2, 0.25) is 0 Å². The third kappa shape index (κ3) is 3.28. The molecule has 1 aliphatic rings. The molecule has 5 nitrogen and oxygen atoms in total. The summed E-state index contributed by atoms with van der Waals surface area (Å²) in [6.45, 7) is 7.40. The van der Waals surface area contributed by atoms with Gasteiger partial charge >= 0.3 is 0 Å². The molecule has 1 aromatic rings. The van der Waals surface area contributed by atoms with Crippen LogP contribution in [0.2, 0.25) is 0 Å². The van der Waals surface area contributed by atoms with E-state index in [-0.39, 0.29) is 12.2 Å². The van der Waals surface area contributed by atoms with E-state index < -0.39 is 0 Å². The van der Waals surface area contributed by atoms with Gasteiger partial charge in [0.1, 0.15) is 12.2 Å². The highest BCUT2D eigenvalue weighted by molar-refractivity contribution is 5.14. The van der Waals surface area contributed by atoms with E-state index in [1.54, 1.807) is 13.3 Å². The van der Waals surface area contributed by atoms with Crippen molar-refractivity contribution in [2.45, 2.75) is 57.9 Å². The quantitative estimate of drug-likeness (QED) is 0.821. The Morgan fingerprint density at radius 2 is 2.32 bits per heavy atom. The van der Waals surface area contributed by atoms with E-state index in [0.717, 1.165) is 25.1 Å². The highest BCUT2D eigenvalue weighted by atomic mass is 16.5. The summed E-state index contributed by atoms with van der Waals surface area (Å²) in [7, 11) is 1.75. The Labute approximate surface area is 115 Å². The smallest absolute Gasteiger partial charge is 0.157 e. The van der Waals surface area contributed by atoms with Crippen LogP contribution in [0.1, 0.15) is 39.7 Å². The van der Waals surface area contributed by atoms with E-state index in [0.29, 0.717) is 12.1 Å². The zero-order valence-corrected chi connectivity index (χ0v) is 12.3. The maximum Gasteiger partial charge on any atom is 0.157 e. The van der Waals surface area contributed by atoms with Gasteiger partial charge in [-0.25, -0.2) is 0 Å². The van der Waals surface area contributed by atoms with Crippen LogP contribution in [0, 0.1) is 0 Å². The minimum absolute atomic E-state index is 0.129. The Morgan fingerprint density at radius 1 is 1.53 bits per heavy atom. The van der Waals surface area contributed by atoms with Crippen molar-refractivity contribution in [3.63, 3.8) is 0 Å². The summed E-state index contributed by atoms with van der Waals surface area (Å²) in [4.78, 5) is 0. The molecule has 2 rings (SSSR count). The van der Waals surface area contributed by atoms with Crippen LogP contribution < -0.4 is 10.1 Å². The average Bonchev–Trinajstić information content (AvgIpc) is 2.82. The molecule has 3 unspecified atom stereocenters. The zero-order valence-electron chi connectivity index (χ0n) is 12.3. The van der Waals surface area contributed by atoms with Gasteiger partial charge < -0.3 is 14.8 Å². The first kappa shape index (κ1) is 14.3. The molecule has 0 radical (unpaired) electrons. The number of hydrogen-bond acceptors (Lipinski definition) is 4. The highest BCUT2D eigenvalue weighted by Gasteiger charge is 2.43. The van der Waals surface area contributed by atoms with Crippen molar-refractivity contribution in [1.29, 1.82) is 0 Å². The molecule has 5 heteroatoms. The summed E-state index contributed by atoms with van der Waals surface area (Å²) < 4.78 is 13.4. The predicted octanol–water partition coefficient (Wildman–Crippen LogP) is 2.00. The molecular weight excluding hydrogens is 242 g/mol. The number of nitrogens with zero attached hydrogens (tertiary/aromatic N) is 2. The Bertz CT molecular complexity index is 392. The molecule has 19 heavy (non-hydrogen) atoms. The van der Waals surface area contributed by atoms with Crippen LogP contribution in [0.3, 0.4) is 0 Å². The number of hydrogen-bond donors (Lipinski definition) is 1. The van der Waals surface area contributed by atoms with Gasteiger partial charge in [-0.05, 0) is 26.8 Å². The van der Waals surface area contributed by atoms with Crippen LogP contribution in [-0.2, 0) is 4.74 Å². The molecule has 0 saturated heterocycles. The van der Waals surface area contributed by atoms with Crippen molar-refractivity contribution in [2.24, 2.45) is 0 Å². The van der Waals surface area contributed by atoms with Crippen molar-refractivity contribution in [2.75, 3.05) is 13.7 Å². The topological polar surface area (TPSA) is 48.3 Å². The first-order chi connectivity index (χ1) is 9.15. The SMILES string of the molecule is CCCNC1CC(Oc2cnn(C(C)C)c2)C1OC. The minimum Gasteiger partial charge on any atom is -0.484 e. The normalized spacial score (nSPS) is 26.5. The third-order valence-electron chi connectivity index (χ3n) is 3.57. The molecule has 1 saturated carbocycles. The van der Waals surface area contributed by atoms with Crippen molar-refractivity contribution < 1.29 is 9.47 Å². The average molecular weight is 267 g/mol. The summed E-state index contributed by atoms with van der Waals surface area (Å²) in [5, 5.41) is 7.76. The van der Waals surface area contributed by atoms with E-state index in [9.17, 15) is 0 Å². The van der Waals surface area contributed by atoms with E-state index in [1.165, 1.54) is 0 Å². The molecule has 0 amide bonds. The van der Waals surface area contributed by atoms with Crippen LogP contribution in [0.5, 0.6) is 5.75 Å². The second-order valence-electron chi connectivity index (χ2n) is 5.40. The van der Waals surface area contributed by atoms with Crippen molar-refractivity contribution in [1.82, 2.24) is 15.1 Å². The summed E-state index contributed by atoms with van der Waals surface area (Å²) in [5.74, 6) is 0.828. The third-order valence-corrected chi connectivity index (χ3v) is 3.57. The van der Waals surface area contributed by atoms with E-state index >= 15 is 0 Å². The maximum absolute atomic E-state index is 5.95. The van der Waals surface area contributed by atoms with Crippen LogP contribution in [0.25, 0.3) is 0 Å². The minimum atomic E-state index is 0.129. The molecule has 1 fully saturated rings. The summed E-state index contributed by atoms with van der Waals surface area (Å²) in [5.41, 5.74) is 0. The lowest BCUT2D eigenvalue weighted by Gasteiger charge is -2.43. The maximum atomic E-state index is 5.95. The standard InChI is InChI=1S/C14H25N3O2/c1-5-6-15-12-7-13(14(12)18-4)19-11-8-16-17(9-11)10(2)3/h8-10,12-15H,5-7H2,1-4H3. The van der Waals surface area contributed by atoms with E-state index in [4.69, 9.17) is 9.47 Å². The largest absolute Gasteiger partial charge is 0.484 e. The lowest BCUT2D eigenvalue weighted by Crippen LogP contribution is -2.61. The fraction of sp³-hybridized carbons (Fsp3) is 0.786. The molecule has 108 valence electrons. The first-order valence-corrected chi connectivity index (χ1v) is 7.12. The zero-order chi connectivity index (χ0) is 13.8. The molecule has 1 heterocycles. The van der Waals surface area contributed by atoms with Gasteiger partial charge in [0.25, 0.3) is 0 Å². The molecular formula is C14H25N3O2. The number of nitrogens with one attached hydrogen (secondary N) is 1.